The Morgan fingerprint density at radius 3 is 2.19 bits per heavy atom. The van der Waals surface area contributed by atoms with Gasteiger partial charge in [-0.15, -0.1) is 11.3 Å². The molecule has 0 saturated heterocycles. The van der Waals surface area contributed by atoms with Gasteiger partial charge in [-0.1, -0.05) is 12.1 Å². The van der Waals surface area contributed by atoms with E-state index in [1.54, 1.807) is 0 Å². The number of alkyl halides is 6. The minimum absolute atomic E-state index is 0.0221. The van der Waals surface area contributed by atoms with Gasteiger partial charge in [0, 0.05) is 23.6 Å². The number of benzene rings is 2. The summed E-state index contributed by atoms with van der Waals surface area (Å²) in [6.07, 6.45) is -9.04. The number of anilines is 1. The summed E-state index contributed by atoms with van der Waals surface area (Å²) in [7, 11) is 0. The van der Waals surface area contributed by atoms with Crippen LogP contribution in [0.1, 0.15) is 31.9 Å². The van der Waals surface area contributed by atoms with Crippen LogP contribution in [0.25, 0.3) is 0 Å². The zero-order chi connectivity index (χ0) is 23.7. The molecule has 0 atom stereocenters. The molecule has 0 bridgehead atoms. The third kappa shape index (κ3) is 5.41. The molecule has 0 aliphatic carbocycles. The molecular formula is C19H11F6N3O3S. The molecule has 1 aromatic heterocycles. The van der Waals surface area contributed by atoms with Gasteiger partial charge in [0.15, 0.2) is 5.13 Å². The van der Waals surface area contributed by atoms with Gasteiger partial charge in [0.1, 0.15) is 5.56 Å². The van der Waals surface area contributed by atoms with E-state index in [-0.39, 0.29) is 33.6 Å². The van der Waals surface area contributed by atoms with E-state index in [1.807, 2.05) is 0 Å². The number of aromatic nitrogens is 1. The zero-order valence-electron chi connectivity index (χ0n) is 15.6. The van der Waals surface area contributed by atoms with Gasteiger partial charge in [-0.3, -0.25) is 20.2 Å². The Kier molecular flexibility index (Phi) is 6.21. The van der Waals surface area contributed by atoms with E-state index in [0.717, 1.165) is 17.4 Å². The molecule has 0 radical (unpaired) electrons. The van der Waals surface area contributed by atoms with Gasteiger partial charge in [-0.2, -0.15) is 26.3 Å². The molecule has 0 fully saturated rings. The molecule has 0 aliphatic rings. The standard InChI is InChI=1S/C19H11F6N3O3S/c20-18(21,22)11-5-10(6-12(8-11)19(23,24)25)7-13-9-26-17(32-13)27-16(29)14-3-1-2-4-15(14)28(30)31/h1-6,8-9H,7H2,(H,26,27,29). The minimum Gasteiger partial charge on any atom is -0.298 e. The lowest BCUT2D eigenvalue weighted by atomic mass is 10.0. The average molecular weight is 475 g/mol. The number of halogens is 6. The molecule has 0 aliphatic heterocycles. The van der Waals surface area contributed by atoms with Crippen molar-refractivity contribution >= 4 is 28.1 Å². The third-order valence-electron chi connectivity index (χ3n) is 4.15. The number of nitro benzene ring substituents is 1. The maximum atomic E-state index is 13.0. The molecule has 32 heavy (non-hydrogen) atoms. The fourth-order valence-electron chi connectivity index (χ4n) is 2.76. The second-order valence-electron chi connectivity index (χ2n) is 6.45. The largest absolute Gasteiger partial charge is 0.416 e. The molecule has 13 heteroatoms. The molecule has 2 aromatic carbocycles. The van der Waals surface area contributed by atoms with Crippen LogP contribution in [0.5, 0.6) is 0 Å². The molecule has 1 amide bonds. The Morgan fingerprint density at radius 2 is 1.62 bits per heavy atom. The fraction of sp³-hybridized carbons (Fsp3) is 0.158. The summed E-state index contributed by atoms with van der Waals surface area (Å²) < 4.78 is 78.0. The number of hydrogen-bond acceptors (Lipinski definition) is 5. The number of para-hydroxylation sites is 1. The van der Waals surface area contributed by atoms with Gasteiger partial charge in [-0.05, 0) is 29.8 Å². The molecule has 1 N–H and O–H groups in total. The number of nitrogens with zero attached hydrogens (tertiary/aromatic N) is 2. The van der Waals surface area contributed by atoms with Gasteiger partial charge in [0.2, 0.25) is 0 Å². The average Bonchev–Trinajstić information content (AvgIpc) is 3.13. The van der Waals surface area contributed by atoms with Gasteiger partial charge < -0.3 is 0 Å². The van der Waals surface area contributed by atoms with Crippen LogP contribution in [-0.2, 0) is 18.8 Å². The quantitative estimate of drug-likeness (QED) is 0.282. The Hall–Kier alpha value is -3.48. The second kappa shape index (κ2) is 8.57. The SMILES string of the molecule is O=C(Nc1ncc(Cc2cc(C(F)(F)F)cc(C(F)(F)F)c2)s1)c1ccccc1[N+](=O)[O-]. The number of hydrogen-bond donors (Lipinski definition) is 1. The number of amides is 1. The number of thiazole rings is 1. The second-order valence-corrected chi connectivity index (χ2v) is 7.57. The van der Waals surface area contributed by atoms with Crippen molar-refractivity contribution in [1.29, 1.82) is 0 Å². The van der Waals surface area contributed by atoms with Crippen LogP contribution in [0.2, 0.25) is 0 Å². The molecule has 0 unspecified atom stereocenters. The first kappa shape index (κ1) is 23.2. The summed E-state index contributed by atoms with van der Waals surface area (Å²) in [5.41, 5.74) is -3.78. The van der Waals surface area contributed by atoms with Crippen molar-refractivity contribution in [3.05, 3.63) is 85.9 Å². The van der Waals surface area contributed by atoms with Crippen LogP contribution in [0.4, 0.5) is 37.2 Å². The Balaban J connectivity index is 1.83. The number of carbonyl (C=O) groups excluding carboxylic acids is 1. The van der Waals surface area contributed by atoms with Gasteiger partial charge >= 0.3 is 12.4 Å². The maximum absolute atomic E-state index is 13.0. The highest BCUT2D eigenvalue weighted by Crippen LogP contribution is 2.37. The normalized spacial score (nSPS) is 11.9. The summed E-state index contributed by atoms with van der Waals surface area (Å²) in [4.78, 5) is 26.8. The lowest BCUT2D eigenvalue weighted by Crippen LogP contribution is -2.13. The maximum Gasteiger partial charge on any atom is 0.416 e. The predicted octanol–water partition coefficient (Wildman–Crippen LogP) is 5.93. The minimum atomic E-state index is -4.97. The predicted molar refractivity (Wildman–Crippen MR) is 102 cm³/mol. The molecular weight excluding hydrogens is 464 g/mol. The van der Waals surface area contributed by atoms with Gasteiger partial charge in [-0.25, -0.2) is 4.98 Å². The lowest BCUT2D eigenvalue weighted by molar-refractivity contribution is -0.385. The highest BCUT2D eigenvalue weighted by Gasteiger charge is 2.36. The summed E-state index contributed by atoms with van der Waals surface area (Å²) in [6, 6.07) is 6.41. The fourth-order valence-corrected chi connectivity index (χ4v) is 3.60. The number of carbonyl (C=O) groups is 1. The smallest absolute Gasteiger partial charge is 0.298 e. The van der Waals surface area contributed by atoms with Crippen molar-refractivity contribution < 1.29 is 36.1 Å². The molecule has 3 rings (SSSR count). The first-order valence-corrected chi connectivity index (χ1v) is 9.44. The van der Waals surface area contributed by atoms with Crippen molar-refractivity contribution in [1.82, 2.24) is 4.98 Å². The van der Waals surface area contributed by atoms with Crippen molar-refractivity contribution in [2.75, 3.05) is 5.32 Å². The first-order valence-electron chi connectivity index (χ1n) is 8.62. The zero-order valence-corrected chi connectivity index (χ0v) is 16.4. The van der Waals surface area contributed by atoms with E-state index in [0.29, 0.717) is 12.1 Å². The summed E-state index contributed by atoms with van der Waals surface area (Å²) in [5.74, 6) is -0.836. The molecule has 6 nitrogen and oxygen atoms in total. The lowest BCUT2D eigenvalue weighted by Gasteiger charge is -2.13. The van der Waals surface area contributed by atoms with Crippen LogP contribution >= 0.6 is 11.3 Å². The van der Waals surface area contributed by atoms with Gasteiger partial charge in [0.05, 0.1) is 16.1 Å². The summed E-state index contributed by atoms with van der Waals surface area (Å²) in [5, 5.41) is 13.3. The topological polar surface area (TPSA) is 85.1 Å². The molecule has 0 spiro atoms. The third-order valence-corrected chi connectivity index (χ3v) is 5.06. The van der Waals surface area contributed by atoms with Crippen molar-refractivity contribution in [3.63, 3.8) is 0 Å². The van der Waals surface area contributed by atoms with Crippen molar-refractivity contribution in [2.45, 2.75) is 18.8 Å². The highest BCUT2D eigenvalue weighted by atomic mass is 32.1. The molecule has 3 aromatic rings. The van der Waals surface area contributed by atoms with Crippen LogP contribution in [0.15, 0.2) is 48.7 Å². The van der Waals surface area contributed by atoms with E-state index in [9.17, 15) is 41.3 Å². The van der Waals surface area contributed by atoms with E-state index in [4.69, 9.17) is 0 Å². The molecule has 168 valence electrons. The Bertz CT molecular complexity index is 1140. The monoisotopic (exact) mass is 475 g/mol. The number of rotatable bonds is 5. The number of nitrogens with one attached hydrogen (secondary N) is 1. The van der Waals surface area contributed by atoms with E-state index in [1.165, 1.54) is 24.4 Å². The van der Waals surface area contributed by atoms with Crippen molar-refractivity contribution in [2.24, 2.45) is 0 Å². The Labute approximate surface area is 179 Å². The molecule has 0 saturated carbocycles. The summed E-state index contributed by atoms with van der Waals surface area (Å²) in [6.45, 7) is 0. The number of nitro groups is 1. The van der Waals surface area contributed by atoms with E-state index < -0.39 is 40.0 Å². The van der Waals surface area contributed by atoms with E-state index in [2.05, 4.69) is 10.3 Å². The van der Waals surface area contributed by atoms with Crippen LogP contribution in [0.3, 0.4) is 0 Å². The van der Waals surface area contributed by atoms with E-state index >= 15 is 0 Å². The first-order chi connectivity index (χ1) is 14.8. The molecule has 1 heterocycles. The van der Waals surface area contributed by atoms with Crippen LogP contribution in [-0.4, -0.2) is 15.8 Å². The van der Waals surface area contributed by atoms with Crippen LogP contribution < -0.4 is 5.32 Å². The van der Waals surface area contributed by atoms with Crippen LogP contribution in [0, 0.1) is 10.1 Å². The summed E-state index contributed by atoms with van der Waals surface area (Å²) >= 11 is 0.816. The highest BCUT2D eigenvalue weighted by molar-refractivity contribution is 7.15. The van der Waals surface area contributed by atoms with Gasteiger partial charge in [0.25, 0.3) is 11.6 Å². The van der Waals surface area contributed by atoms with Crippen molar-refractivity contribution in [3.8, 4) is 0 Å². The Morgan fingerprint density at radius 1 is 1.03 bits per heavy atom.